The third kappa shape index (κ3) is 1.95. The van der Waals surface area contributed by atoms with Crippen molar-refractivity contribution < 1.29 is 4.79 Å². The van der Waals surface area contributed by atoms with Crippen LogP contribution in [0.3, 0.4) is 0 Å². The SMILES string of the molecule is Cc1cc(C(=O)N2CCCCC2)ns1. The molecule has 0 aromatic carbocycles. The van der Waals surface area contributed by atoms with Gasteiger partial charge in [-0.2, -0.15) is 4.37 Å². The molecule has 2 heterocycles. The number of piperidine rings is 1. The first-order valence-electron chi connectivity index (χ1n) is 5.00. The Hall–Kier alpha value is -0.900. The summed E-state index contributed by atoms with van der Waals surface area (Å²) in [7, 11) is 0. The minimum atomic E-state index is 0.106. The molecule has 4 heteroatoms. The fourth-order valence-corrected chi connectivity index (χ4v) is 2.26. The van der Waals surface area contributed by atoms with Crippen LogP contribution in [-0.4, -0.2) is 28.3 Å². The minimum absolute atomic E-state index is 0.106. The van der Waals surface area contributed by atoms with Crippen LogP contribution in [0.4, 0.5) is 0 Å². The summed E-state index contributed by atoms with van der Waals surface area (Å²) in [6, 6.07) is 1.88. The summed E-state index contributed by atoms with van der Waals surface area (Å²) in [4.78, 5) is 14.9. The Balaban J connectivity index is 2.07. The van der Waals surface area contributed by atoms with Gasteiger partial charge in [0, 0.05) is 18.0 Å². The predicted molar refractivity (Wildman–Crippen MR) is 56.6 cm³/mol. The third-order valence-electron chi connectivity index (χ3n) is 2.49. The van der Waals surface area contributed by atoms with Crippen molar-refractivity contribution in [2.24, 2.45) is 0 Å². The van der Waals surface area contributed by atoms with Crippen LogP contribution >= 0.6 is 11.5 Å². The van der Waals surface area contributed by atoms with Crippen LogP contribution in [0.5, 0.6) is 0 Å². The number of carbonyl (C=O) groups is 1. The molecule has 0 atom stereocenters. The number of nitrogens with zero attached hydrogens (tertiary/aromatic N) is 2. The number of likely N-dealkylation sites (tertiary alicyclic amines) is 1. The van der Waals surface area contributed by atoms with E-state index in [9.17, 15) is 4.79 Å². The molecule has 1 aromatic rings. The molecule has 1 amide bonds. The summed E-state index contributed by atoms with van der Waals surface area (Å²) >= 11 is 1.40. The second-order valence-corrected chi connectivity index (χ2v) is 4.68. The van der Waals surface area contributed by atoms with Crippen molar-refractivity contribution in [3.63, 3.8) is 0 Å². The first-order chi connectivity index (χ1) is 6.77. The molecule has 0 aliphatic carbocycles. The number of rotatable bonds is 1. The van der Waals surface area contributed by atoms with Crippen LogP contribution in [-0.2, 0) is 0 Å². The molecule has 2 rings (SSSR count). The smallest absolute Gasteiger partial charge is 0.273 e. The summed E-state index contributed by atoms with van der Waals surface area (Å²) in [6.45, 7) is 3.77. The molecule has 1 aromatic heterocycles. The van der Waals surface area contributed by atoms with E-state index >= 15 is 0 Å². The summed E-state index contributed by atoms with van der Waals surface area (Å²) in [5, 5.41) is 0. The number of hydrogen-bond donors (Lipinski definition) is 0. The van der Waals surface area contributed by atoms with Gasteiger partial charge in [-0.1, -0.05) is 0 Å². The normalized spacial score (nSPS) is 17.1. The number of carbonyl (C=O) groups excluding carboxylic acids is 1. The quantitative estimate of drug-likeness (QED) is 0.711. The van der Waals surface area contributed by atoms with Crippen molar-refractivity contribution in [3.05, 3.63) is 16.6 Å². The van der Waals surface area contributed by atoms with Crippen molar-refractivity contribution in [3.8, 4) is 0 Å². The molecule has 3 nitrogen and oxygen atoms in total. The molecule has 1 aliphatic rings. The summed E-state index contributed by atoms with van der Waals surface area (Å²) < 4.78 is 4.14. The maximum Gasteiger partial charge on any atom is 0.273 e. The van der Waals surface area contributed by atoms with Crippen molar-refractivity contribution in [1.29, 1.82) is 0 Å². The van der Waals surface area contributed by atoms with Gasteiger partial charge in [-0.05, 0) is 43.8 Å². The highest BCUT2D eigenvalue weighted by Crippen LogP contribution is 2.14. The first-order valence-corrected chi connectivity index (χ1v) is 5.77. The Morgan fingerprint density at radius 1 is 1.43 bits per heavy atom. The average molecular weight is 210 g/mol. The average Bonchev–Trinajstić information content (AvgIpc) is 2.65. The van der Waals surface area contributed by atoms with Crippen molar-refractivity contribution in [1.82, 2.24) is 9.27 Å². The largest absolute Gasteiger partial charge is 0.337 e. The molecule has 0 radical (unpaired) electrons. The molecule has 14 heavy (non-hydrogen) atoms. The molecular formula is C10H14N2OS. The van der Waals surface area contributed by atoms with Crippen LogP contribution in [0.15, 0.2) is 6.07 Å². The highest BCUT2D eigenvalue weighted by Gasteiger charge is 2.19. The van der Waals surface area contributed by atoms with E-state index in [2.05, 4.69) is 4.37 Å². The van der Waals surface area contributed by atoms with Crippen LogP contribution in [0.1, 0.15) is 34.6 Å². The van der Waals surface area contributed by atoms with Crippen LogP contribution in [0.2, 0.25) is 0 Å². The van der Waals surface area contributed by atoms with Gasteiger partial charge in [0.15, 0.2) is 0 Å². The van der Waals surface area contributed by atoms with Crippen LogP contribution in [0, 0.1) is 6.92 Å². The molecule has 1 aliphatic heterocycles. The molecule has 1 saturated heterocycles. The van der Waals surface area contributed by atoms with E-state index in [4.69, 9.17) is 0 Å². The highest BCUT2D eigenvalue weighted by atomic mass is 32.1. The number of hydrogen-bond acceptors (Lipinski definition) is 3. The van der Waals surface area contributed by atoms with E-state index < -0.39 is 0 Å². The van der Waals surface area contributed by atoms with E-state index in [-0.39, 0.29) is 5.91 Å². The molecule has 1 fully saturated rings. The van der Waals surface area contributed by atoms with Crippen LogP contribution < -0.4 is 0 Å². The number of amides is 1. The molecule has 0 bridgehead atoms. The second kappa shape index (κ2) is 4.09. The van der Waals surface area contributed by atoms with E-state index in [0.29, 0.717) is 5.69 Å². The monoisotopic (exact) mass is 210 g/mol. The highest BCUT2D eigenvalue weighted by molar-refractivity contribution is 7.05. The molecular weight excluding hydrogens is 196 g/mol. The van der Waals surface area contributed by atoms with Crippen molar-refractivity contribution in [2.45, 2.75) is 26.2 Å². The maximum atomic E-state index is 11.9. The number of aryl methyl sites for hydroxylation is 1. The fourth-order valence-electron chi connectivity index (χ4n) is 1.73. The zero-order chi connectivity index (χ0) is 9.97. The predicted octanol–water partition coefficient (Wildman–Crippen LogP) is 2.08. The van der Waals surface area contributed by atoms with E-state index in [1.165, 1.54) is 18.0 Å². The zero-order valence-corrected chi connectivity index (χ0v) is 9.14. The van der Waals surface area contributed by atoms with E-state index in [1.54, 1.807) is 0 Å². The molecule has 0 unspecified atom stereocenters. The standard InChI is InChI=1S/C10H14N2OS/c1-8-7-9(11-14-8)10(13)12-5-3-2-4-6-12/h7H,2-6H2,1H3. The van der Waals surface area contributed by atoms with Gasteiger partial charge in [0.1, 0.15) is 5.69 Å². The summed E-state index contributed by atoms with van der Waals surface area (Å²) in [6.07, 6.45) is 3.52. The zero-order valence-electron chi connectivity index (χ0n) is 8.32. The Labute approximate surface area is 87.9 Å². The lowest BCUT2D eigenvalue weighted by Gasteiger charge is -2.25. The van der Waals surface area contributed by atoms with Gasteiger partial charge in [-0.25, -0.2) is 0 Å². The van der Waals surface area contributed by atoms with Gasteiger partial charge in [0.25, 0.3) is 5.91 Å². The number of aromatic nitrogens is 1. The molecule has 76 valence electrons. The maximum absolute atomic E-state index is 11.9. The van der Waals surface area contributed by atoms with Gasteiger partial charge in [0.2, 0.25) is 0 Å². The molecule has 0 spiro atoms. The van der Waals surface area contributed by atoms with Crippen molar-refractivity contribution >= 4 is 17.4 Å². The Morgan fingerprint density at radius 2 is 2.14 bits per heavy atom. The molecule has 0 N–H and O–H groups in total. The topological polar surface area (TPSA) is 33.2 Å². The summed E-state index contributed by atoms with van der Waals surface area (Å²) in [5.41, 5.74) is 0.620. The minimum Gasteiger partial charge on any atom is -0.337 e. The van der Waals surface area contributed by atoms with E-state index in [0.717, 1.165) is 30.8 Å². The Bertz CT molecular complexity index is 329. The lowest BCUT2D eigenvalue weighted by atomic mass is 10.1. The third-order valence-corrected chi connectivity index (χ3v) is 3.18. The first kappa shape index (κ1) is 9.65. The van der Waals surface area contributed by atoms with Gasteiger partial charge in [-0.15, -0.1) is 0 Å². The van der Waals surface area contributed by atoms with Gasteiger partial charge >= 0.3 is 0 Å². The fraction of sp³-hybridized carbons (Fsp3) is 0.600. The van der Waals surface area contributed by atoms with Crippen LogP contribution in [0.25, 0.3) is 0 Å². The molecule has 0 saturated carbocycles. The Kier molecular flexibility index (Phi) is 2.82. The second-order valence-electron chi connectivity index (χ2n) is 3.68. The van der Waals surface area contributed by atoms with E-state index in [1.807, 2.05) is 17.9 Å². The lowest BCUT2D eigenvalue weighted by molar-refractivity contribution is 0.0719. The lowest BCUT2D eigenvalue weighted by Crippen LogP contribution is -2.35. The Morgan fingerprint density at radius 3 is 2.71 bits per heavy atom. The van der Waals surface area contributed by atoms with Gasteiger partial charge in [-0.3, -0.25) is 4.79 Å². The van der Waals surface area contributed by atoms with Gasteiger partial charge < -0.3 is 4.90 Å². The van der Waals surface area contributed by atoms with Crippen molar-refractivity contribution in [2.75, 3.05) is 13.1 Å². The van der Waals surface area contributed by atoms with Gasteiger partial charge in [0.05, 0.1) is 0 Å². The summed E-state index contributed by atoms with van der Waals surface area (Å²) in [5.74, 6) is 0.106.